The monoisotopic (exact) mass is 220 g/mol. The van der Waals surface area contributed by atoms with Crippen molar-refractivity contribution in [2.45, 2.75) is 19.4 Å². The molecule has 1 aromatic rings. The maximum Gasteiger partial charge on any atom is 0.239 e. The average Bonchev–Trinajstić information content (AvgIpc) is 2.62. The van der Waals surface area contributed by atoms with Gasteiger partial charge in [0.25, 0.3) is 0 Å². The van der Waals surface area contributed by atoms with Gasteiger partial charge in [0.05, 0.1) is 13.0 Å². The van der Waals surface area contributed by atoms with E-state index in [4.69, 9.17) is 4.74 Å². The van der Waals surface area contributed by atoms with Gasteiger partial charge >= 0.3 is 0 Å². The van der Waals surface area contributed by atoms with E-state index >= 15 is 0 Å². The Labute approximate surface area is 95.0 Å². The van der Waals surface area contributed by atoms with Gasteiger partial charge in [0.15, 0.2) is 0 Å². The zero-order valence-corrected chi connectivity index (χ0v) is 9.49. The Morgan fingerprint density at radius 2 is 2.00 bits per heavy atom. The molecule has 1 heterocycles. The van der Waals surface area contributed by atoms with E-state index in [0.29, 0.717) is 0 Å². The van der Waals surface area contributed by atoms with Gasteiger partial charge in [0.1, 0.15) is 5.75 Å². The lowest BCUT2D eigenvalue weighted by Crippen LogP contribution is -2.29. The summed E-state index contributed by atoms with van der Waals surface area (Å²) < 4.78 is 5.09. The molecule has 86 valence electrons. The topological polar surface area (TPSA) is 50.4 Å². The quantitative estimate of drug-likeness (QED) is 0.795. The molecule has 1 aliphatic heterocycles. The van der Waals surface area contributed by atoms with E-state index in [1.165, 1.54) is 0 Å². The standard InChI is InChI=1S/C12H16N2O2/c1-8-11(12(15)14-13-8)7-9-3-5-10(16-2)6-4-9/h3-6,8,11,13H,7H2,1-2H3,(H,14,15). The highest BCUT2D eigenvalue weighted by Crippen LogP contribution is 2.18. The van der Waals surface area contributed by atoms with E-state index < -0.39 is 0 Å². The summed E-state index contributed by atoms with van der Waals surface area (Å²) in [6.45, 7) is 2.01. The highest BCUT2D eigenvalue weighted by Gasteiger charge is 2.30. The number of hydrogen-bond donors (Lipinski definition) is 2. The number of carbonyl (C=O) groups excluding carboxylic acids is 1. The van der Waals surface area contributed by atoms with Gasteiger partial charge in [-0.3, -0.25) is 10.2 Å². The molecule has 4 heteroatoms. The Balaban J connectivity index is 2.05. The summed E-state index contributed by atoms with van der Waals surface area (Å²) >= 11 is 0. The minimum absolute atomic E-state index is 0.00777. The van der Waals surface area contributed by atoms with E-state index in [2.05, 4.69) is 10.9 Å². The van der Waals surface area contributed by atoms with Crippen LogP contribution < -0.4 is 15.6 Å². The van der Waals surface area contributed by atoms with Gasteiger partial charge in [-0.2, -0.15) is 0 Å². The lowest BCUT2D eigenvalue weighted by atomic mass is 9.94. The van der Waals surface area contributed by atoms with Crippen molar-refractivity contribution in [2.75, 3.05) is 7.11 Å². The first-order valence-corrected chi connectivity index (χ1v) is 5.39. The van der Waals surface area contributed by atoms with Crippen LogP contribution >= 0.6 is 0 Å². The molecule has 2 atom stereocenters. The fourth-order valence-electron chi connectivity index (χ4n) is 1.89. The van der Waals surface area contributed by atoms with Crippen LogP contribution in [0.4, 0.5) is 0 Å². The van der Waals surface area contributed by atoms with Crippen molar-refractivity contribution >= 4 is 5.91 Å². The van der Waals surface area contributed by atoms with Crippen LogP contribution in [-0.4, -0.2) is 19.1 Å². The number of methoxy groups -OCH3 is 1. The molecule has 2 rings (SSSR count). The summed E-state index contributed by atoms with van der Waals surface area (Å²) in [5, 5.41) is 0. The van der Waals surface area contributed by atoms with Crippen molar-refractivity contribution in [2.24, 2.45) is 5.92 Å². The molecule has 1 aromatic carbocycles. The third-order valence-electron chi connectivity index (χ3n) is 2.98. The molecule has 1 saturated heterocycles. The van der Waals surface area contributed by atoms with Crippen LogP contribution in [0.3, 0.4) is 0 Å². The van der Waals surface area contributed by atoms with Crippen LogP contribution in [0, 0.1) is 5.92 Å². The molecule has 0 bridgehead atoms. The van der Waals surface area contributed by atoms with Gasteiger partial charge in [-0.15, -0.1) is 0 Å². The SMILES string of the molecule is COc1ccc(CC2C(=O)NNC2C)cc1. The molecule has 0 spiro atoms. The van der Waals surface area contributed by atoms with Crippen molar-refractivity contribution < 1.29 is 9.53 Å². The first-order chi connectivity index (χ1) is 7.70. The van der Waals surface area contributed by atoms with Gasteiger partial charge in [-0.1, -0.05) is 12.1 Å². The van der Waals surface area contributed by atoms with Crippen molar-refractivity contribution in [1.82, 2.24) is 10.9 Å². The molecule has 1 amide bonds. The second-order valence-corrected chi connectivity index (χ2v) is 4.08. The van der Waals surface area contributed by atoms with Crippen molar-refractivity contribution in [3.63, 3.8) is 0 Å². The van der Waals surface area contributed by atoms with Crippen molar-refractivity contribution in [3.05, 3.63) is 29.8 Å². The fourth-order valence-corrected chi connectivity index (χ4v) is 1.89. The Hall–Kier alpha value is -1.55. The minimum atomic E-state index is 0.00777. The Morgan fingerprint density at radius 3 is 2.50 bits per heavy atom. The van der Waals surface area contributed by atoms with E-state index in [1.807, 2.05) is 31.2 Å². The largest absolute Gasteiger partial charge is 0.497 e. The molecule has 16 heavy (non-hydrogen) atoms. The summed E-state index contributed by atoms with van der Waals surface area (Å²) in [5.74, 6) is 0.919. The zero-order valence-electron chi connectivity index (χ0n) is 9.49. The number of carbonyl (C=O) groups is 1. The summed E-state index contributed by atoms with van der Waals surface area (Å²) in [6.07, 6.45) is 0.754. The number of benzene rings is 1. The Morgan fingerprint density at radius 1 is 1.31 bits per heavy atom. The highest BCUT2D eigenvalue weighted by molar-refractivity contribution is 5.81. The van der Waals surface area contributed by atoms with E-state index in [0.717, 1.165) is 17.7 Å². The summed E-state index contributed by atoms with van der Waals surface area (Å²) in [6, 6.07) is 8.00. The highest BCUT2D eigenvalue weighted by atomic mass is 16.5. The number of hydrogen-bond acceptors (Lipinski definition) is 3. The molecular weight excluding hydrogens is 204 g/mol. The third-order valence-corrected chi connectivity index (χ3v) is 2.98. The van der Waals surface area contributed by atoms with Gasteiger partial charge < -0.3 is 4.74 Å². The molecule has 0 radical (unpaired) electrons. The zero-order chi connectivity index (χ0) is 11.5. The van der Waals surface area contributed by atoms with Crippen LogP contribution in [0.1, 0.15) is 12.5 Å². The maximum absolute atomic E-state index is 11.5. The second-order valence-electron chi connectivity index (χ2n) is 4.08. The number of rotatable bonds is 3. The summed E-state index contributed by atoms with van der Waals surface area (Å²) in [7, 11) is 1.64. The normalized spacial score (nSPS) is 24.2. The smallest absolute Gasteiger partial charge is 0.239 e. The van der Waals surface area contributed by atoms with Gasteiger partial charge in [-0.05, 0) is 31.0 Å². The molecule has 1 aliphatic rings. The lowest BCUT2D eigenvalue weighted by molar-refractivity contribution is -0.122. The predicted molar refractivity (Wildman–Crippen MR) is 60.9 cm³/mol. The third kappa shape index (κ3) is 2.17. The number of nitrogens with one attached hydrogen (secondary N) is 2. The minimum Gasteiger partial charge on any atom is -0.497 e. The number of hydrazine groups is 1. The number of ether oxygens (including phenoxy) is 1. The maximum atomic E-state index is 11.5. The molecule has 2 unspecified atom stereocenters. The fraction of sp³-hybridized carbons (Fsp3) is 0.417. The van der Waals surface area contributed by atoms with Crippen LogP contribution in [-0.2, 0) is 11.2 Å². The van der Waals surface area contributed by atoms with Gasteiger partial charge in [0.2, 0.25) is 5.91 Å². The Kier molecular flexibility index (Phi) is 3.10. The first-order valence-electron chi connectivity index (χ1n) is 5.39. The lowest BCUT2D eigenvalue weighted by Gasteiger charge is -2.11. The van der Waals surface area contributed by atoms with Crippen LogP contribution in [0.2, 0.25) is 0 Å². The average molecular weight is 220 g/mol. The molecule has 0 saturated carbocycles. The van der Waals surface area contributed by atoms with Crippen molar-refractivity contribution in [1.29, 1.82) is 0 Å². The van der Waals surface area contributed by atoms with Gasteiger partial charge in [0, 0.05) is 6.04 Å². The number of amides is 1. The molecule has 0 aromatic heterocycles. The molecule has 2 N–H and O–H groups in total. The van der Waals surface area contributed by atoms with Crippen LogP contribution in [0.5, 0.6) is 5.75 Å². The first kappa shape index (κ1) is 11.0. The molecular formula is C12H16N2O2. The summed E-state index contributed by atoms with van der Waals surface area (Å²) in [4.78, 5) is 11.5. The van der Waals surface area contributed by atoms with Gasteiger partial charge in [-0.25, -0.2) is 5.43 Å². The molecule has 4 nitrogen and oxygen atoms in total. The van der Waals surface area contributed by atoms with Crippen LogP contribution in [0.15, 0.2) is 24.3 Å². The van der Waals surface area contributed by atoms with Crippen molar-refractivity contribution in [3.8, 4) is 5.75 Å². The van der Waals surface area contributed by atoms with Crippen LogP contribution in [0.25, 0.3) is 0 Å². The van der Waals surface area contributed by atoms with E-state index in [9.17, 15) is 4.79 Å². The molecule has 1 fully saturated rings. The van der Waals surface area contributed by atoms with E-state index in [-0.39, 0.29) is 17.9 Å². The Bertz CT molecular complexity index is 375. The molecule has 0 aliphatic carbocycles. The summed E-state index contributed by atoms with van der Waals surface area (Å²) in [5.41, 5.74) is 6.74. The predicted octanol–water partition coefficient (Wildman–Crippen LogP) is 0.877. The second kappa shape index (κ2) is 4.53. The van der Waals surface area contributed by atoms with E-state index in [1.54, 1.807) is 7.11 Å².